The van der Waals surface area contributed by atoms with Crippen molar-refractivity contribution >= 4 is 17.5 Å². The van der Waals surface area contributed by atoms with Gasteiger partial charge < -0.3 is 10.1 Å². The van der Waals surface area contributed by atoms with Crippen molar-refractivity contribution in [2.45, 2.75) is 13.0 Å². The van der Waals surface area contributed by atoms with Gasteiger partial charge in [0.05, 0.1) is 11.6 Å². The molecule has 0 bridgehead atoms. The fourth-order valence-corrected chi connectivity index (χ4v) is 2.31. The van der Waals surface area contributed by atoms with E-state index in [4.69, 9.17) is 21.6 Å². The minimum atomic E-state index is -0.278. The van der Waals surface area contributed by atoms with E-state index in [1.54, 1.807) is 30.3 Å². The molecular formula is C17H15ClN2O2. The molecule has 22 heavy (non-hydrogen) atoms. The van der Waals surface area contributed by atoms with Gasteiger partial charge in [-0.1, -0.05) is 41.9 Å². The van der Waals surface area contributed by atoms with Crippen LogP contribution in [0.25, 0.3) is 0 Å². The van der Waals surface area contributed by atoms with E-state index in [9.17, 15) is 4.79 Å². The van der Waals surface area contributed by atoms with Crippen LogP contribution in [0.15, 0.2) is 48.5 Å². The second-order valence-corrected chi connectivity index (χ2v) is 5.11. The molecule has 1 amide bonds. The second-order valence-electron chi connectivity index (χ2n) is 4.71. The van der Waals surface area contributed by atoms with Crippen LogP contribution in [-0.2, 0) is 4.79 Å². The van der Waals surface area contributed by atoms with Gasteiger partial charge in [0.15, 0.2) is 6.61 Å². The van der Waals surface area contributed by atoms with Crippen LogP contribution in [-0.4, -0.2) is 12.5 Å². The SMILES string of the molecule is C[C@@H](NC(=O)COc1ccccc1C#N)c1ccccc1Cl. The summed E-state index contributed by atoms with van der Waals surface area (Å²) < 4.78 is 5.39. The lowest BCUT2D eigenvalue weighted by Gasteiger charge is -2.16. The topological polar surface area (TPSA) is 62.1 Å². The maximum Gasteiger partial charge on any atom is 0.258 e. The first-order chi connectivity index (χ1) is 10.6. The number of rotatable bonds is 5. The zero-order chi connectivity index (χ0) is 15.9. The zero-order valence-corrected chi connectivity index (χ0v) is 12.8. The van der Waals surface area contributed by atoms with Gasteiger partial charge in [-0.2, -0.15) is 5.26 Å². The average Bonchev–Trinajstić information content (AvgIpc) is 2.53. The van der Waals surface area contributed by atoms with Gasteiger partial charge in [0.1, 0.15) is 11.8 Å². The maximum atomic E-state index is 11.9. The summed E-state index contributed by atoms with van der Waals surface area (Å²) >= 11 is 6.10. The highest BCUT2D eigenvalue weighted by molar-refractivity contribution is 6.31. The molecule has 0 aliphatic rings. The quantitative estimate of drug-likeness (QED) is 0.919. The van der Waals surface area contributed by atoms with Crippen molar-refractivity contribution < 1.29 is 9.53 Å². The van der Waals surface area contributed by atoms with E-state index in [-0.39, 0.29) is 18.6 Å². The van der Waals surface area contributed by atoms with Crippen LogP contribution in [0.1, 0.15) is 24.1 Å². The molecule has 0 heterocycles. The van der Waals surface area contributed by atoms with Crippen molar-refractivity contribution in [1.82, 2.24) is 5.32 Å². The lowest BCUT2D eigenvalue weighted by molar-refractivity contribution is -0.123. The van der Waals surface area contributed by atoms with E-state index in [0.717, 1.165) is 5.56 Å². The minimum absolute atomic E-state index is 0.159. The van der Waals surface area contributed by atoms with Crippen LogP contribution in [0.5, 0.6) is 5.75 Å². The number of nitriles is 1. The summed E-state index contributed by atoms with van der Waals surface area (Å²) in [5.41, 5.74) is 1.24. The highest BCUT2D eigenvalue weighted by Gasteiger charge is 2.13. The number of ether oxygens (including phenoxy) is 1. The number of hydrogen-bond donors (Lipinski definition) is 1. The number of halogens is 1. The monoisotopic (exact) mass is 314 g/mol. The van der Waals surface area contributed by atoms with E-state index >= 15 is 0 Å². The van der Waals surface area contributed by atoms with E-state index in [1.807, 2.05) is 31.2 Å². The van der Waals surface area contributed by atoms with Gasteiger partial charge in [-0.15, -0.1) is 0 Å². The Labute approximate surface area is 134 Å². The number of amides is 1. The summed E-state index contributed by atoms with van der Waals surface area (Å²) in [5.74, 6) is 0.116. The van der Waals surface area contributed by atoms with Crippen LogP contribution >= 0.6 is 11.6 Å². The fraction of sp³-hybridized carbons (Fsp3) is 0.176. The second kappa shape index (κ2) is 7.48. The average molecular weight is 315 g/mol. The summed E-state index contributed by atoms with van der Waals surface area (Å²) in [5, 5.41) is 12.4. The van der Waals surface area contributed by atoms with Crippen LogP contribution in [0, 0.1) is 11.3 Å². The normalized spacial score (nSPS) is 11.3. The van der Waals surface area contributed by atoms with Gasteiger partial charge in [0.2, 0.25) is 0 Å². The number of para-hydroxylation sites is 1. The molecule has 2 aromatic rings. The number of nitrogens with zero attached hydrogens (tertiary/aromatic N) is 1. The van der Waals surface area contributed by atoms with Crippen molar-refractivity contribution in [3.05, 3.63) is 64.7 Å². The molecule has 0 fully saturated rings. The molecule has 0 radical (unpaired) electrons. The molecule has 0 aliphatic heterocycles. The van der Waals surface area contributed by atoms with E-state index in [1.165, 1.54) is 0 Å². The molecule has 5 heteroatoms. The largest absolute Gasteiger partial charge is 0.482 e. The predicted octanol–water partition coefficient (Wildman–Crippen LogP) is 3.47. The molecule has 0 saturated carbocycles. The Kier molecular flexibility index (Phi) is 5.40. The summed E-state index contributed by atoms with van der Waals surface area (Å²) in [6, 6.07) is 15.9. The number of carbonyl (C=O) groups excluding carboxylic acids is 1. The van der Waals surface area contributed by atoms with Crippen LogP contribution < -0.4 is 10.1 Å². The van der Waals surface area contributed by atoms with Crippen molar-refractivity contribution in [3.63, 3.8) is 0 Å². The highest BCUT2D eigenvalue weighted by atomic mass is 35.5. The number of hydrogen-bond acceptors (Lipinski definition) is 3. The first-order valence-corrected chi connectivity index (χ1v) is 7.15. The standard InChI is InChI=1S/C17H15ClN2O2/c1-12(14-7-3-4-8-15(14)18)20-17(21)11-22-16-9-5-2-6-13(16)10-19/h2-9,12H,11H2,1H3,(H,20,21)/t12-/m1/s1. The summed E-state index contributed by atoms with van der Waals surface area (Å²) in [6.07, 6.45) is 0. The number of benzene rings is 2. The van der Waals surface area contributed by atoms with Gasteiger partial charge in [0, 0.05) is 5.02 Å². The molecule has 112 valence electrons. The van der Waals surface area contributed by atoms with Crippen LogP contribution in [0.2, 0.25) is 5.02 Å². The number of carbonyl (C=O) groups is 1. The predicted molar refractivity (Wildman–Crippen MR) is 84.7 cm³/mol. The zero-order valence-electron chi connectivity index (χ0n) is 12.0. The fourth-order valence-electron chi connectivity index (χ4n) is 2.02. The van der Waals surface area contributed by atoms with E-state index in [0.29, 0.717) is 16.3 Å². The van der Waals surface area contributed by atoms with Crippen LogP contribution in [0.3, 0.4) is 0 Å². The third kappa shape index (κ3) is 4.00. The van der Waals surface area contributed by atoms with Crippen LogP contribution in [0.4, 0.5) is 0 Å². The first-order valence-electron chi connectivity index (χ1n) is 6.77. The summed E-state index contributed by atoms with van der Waals surface area (Å²) in [4.78, 5) is 11.9. The Balaban J connectivity index is 1.94. The molecule has 1 atom stereocenters. The van der Waals surface area contributed by atoms with Crippen molar-refractivity contribution in [3.8, 4) is 11.8 Å². The Hall–Kier alpha value is -2.51. The lowest BCUT2D eigenvalue weighted by Crippen LogP contribution is -2.31. The lowest BCUT2D eigenvalue weighted by atomic mass is 10.1. The molecule has 2 rings (SSSR count). The van der Waals surface area contributed by atoms with Gasteiger partial charge in [-0.3, -0.25) is 4.79 Å². The van der Waals surface area contributed by atoms with Crippen molar-refractivity contribution in [2.24, 2.45) is 0 Å². The van der Waals surface area contributed by atoms with Crippen molar-refractivity contribution in [1.29, 1.82) is 5.26 Å². The minimum Gasteiger partial charge on any atom is -0.482 e. The Morgan fingerprint density at radius 2 is 1.95 bits per heavy atom. The molecule has 2 aromatic carbocycles. The van der Waals surface area contributed by atoms with Gasteiger partial charge in [-0.05, 0) is 30.7 Å². The summed E-state index contributed by atoms with van der Waals surface area (Å²) in [6.45, 7) is 1.69. The Morgan fingerprint density at radius 1 is 1.27 bits per heavy atom. The Bertz CT molecular complexity index is 710. The third-order valence-corrected chi connectivity index (χ3v) is 3.46. The van der Waals surface area contributed by atoms with Crippen molar-refractivity contribution in [2.75, 3.05) is 6.61 Å². The molecule has 0 spiro atoms. The van der Waals surface area contributed by atoms with E-state index < -0.39 is 0 Å². The van der Waals surface area contributed by atoms with Gasteiger partial charge >= 0.3 is 0 Å². The Morgan fingerprint density at radius 3 is 2.68 bits per heavy atom. The van der Waals surface area contributed by atoms with Gasteiger partial charge in [-0.25, -0.2) is 0 Å². The highest BCUT2D eigenvalue weighted by Crippen LogP contribution is 2.22. The molecule has 4 nitrogen and oxygen atoms in total. The smallest absolute Gasteiger partial charge is 0.258 e. The molecule has 1 N–H and O–H groups in total. The maximum absolute atomic E-state index is 11.9. The van der Waals surface area contributed by atoms with Gasteiger partial charge in [0.25, 0.3) is 5.91 Å². The van der Waals surface area contributed by atoms with E-state index in [2.05, 4.69) is 5.32 Å². The third-order valence-electron chi connectivity index (χ3n) is 3.12. The molecule has 0 unspecified atom stereocenters. The first kappa shape index (κ1) is 15.9. The number of nitrogens with one attached hydrogen (secondary N) is 1. The molecule has 0 saturated heterocycles. The summed E-state index contributed by atoms with van der Waals surface area (Å²) in [7, 11) is 0. The molecular weight excluding hydrogens is 300 g/mol. The molecule has 0 aromatic heterocycles. The molecule has 0 aliphatic carbocycles.